The zero-order chi connectivity index (χ0) is 15.4. The largest absolute Gasteiger partial charge is 0.394 e. The molecule has 0 spiro atoms. The summed E-state index contributed by atoms with van der Waals surface area (Å²) in [6.07, 6.45) is 3.13. The van der Waals surface area contributed by atoms with E-state index in [0.717, 1.165) is 5.75 Å². The first-order valence-electron chi connectivity index (χ1n) is 6.54. The van der Waals surface area contributed by atoms with Gasteiger partial charge in [-0.25, -0.2) is 4.79 Å². The minimum Gasteiger partial charge on any atom is -0.394 e. The molecule has 1 aliphatic rings. The quantitative estimate of drug-likeness (QED) is 0.461. The Labute approximate surface area is 130 Å². The fourth-order valence-corrected chi connectivity index (χ4v) is 4.63. The van der Waals surface area contributed by atoms with Crippen LogP contribution in [-0.2, 0) is 4.74 Å². The minimum atomic E-state index is -0.489. The molecule has 2 heterocycles. The Morgan fingerprint density at radius 2 is 2.38 bits per heavy atom. The predicted octanol–water partition coefficient (Wildman–Crippen LogP) is 1.06. The molecule has 2 rings (SSSR count). The fraction of sp³-hybridized carbons (Fsp3) is 0.538. The number of aromatic nitrogens is 2. The average molecular weight is 330 g/mol. The molecule has 0 aromatic carbocycles. The van der Waals surface area contributed by atoms with Crippen LogP contribution in [-0.4, -0.2) is 38.4 Å². The molecule has 0 saturated carbocycles. The summed E-state index contributed by atoms with van der Waals surface area (Å²) in [4.78, 5) is 25.5. The molecule has 0 unspecified atom stereocenters. The summed E-state index contributed by atoms with van der Waals surface area (Å²) >= 11 is 0. The van der Waals surface area contributed by atoms with Gasteiger partial charge in [-0.05, 0) is 6.92 Å². The lowest BCUT2D eigenvalue weighted by Crippen LogP contribution is -2.33. The van der Waals surface area contributed by atoms with Gasteiger partial charge in [0.25, 0.3) is 5.56 Å². The summed E-state index contributed by atoms with van der Waals surface area (Å²) in [5.41, 5.74) is -0.423. The van der Waals surface area contributed by atoms with Crippen molar-refractivity contribution in [3.63, 3.8) is 0 Å². The maximum Gasteiger partial charge on any atom is 0.330 e. The second-order valence-corrected chi connectivity index (χ2v) is 7.39. The number of aliphatic hydroxyl groups excluding tert-OH is 1. The SMILES string of the molecule is C=CCSS[C@@H]1C[C@H](n2cc(C)c(=O)[nH]c2=O)O[C@@H]1CO. The van der Waals surface area contributed by atoms with Crippen LogP contribution in [0.4, 0.5) is 0 Å². The summed E-state index contributed by atoms with van der Waals surface area (Å²) in [7, 11) is 3.26. The standard InChI is InChI=1S/C13H18N2O4S2/c1-3-4-20-21-10-5-11(19-9(10)7-16)15-6-8(2)12(17)14-13(15)18/h3,6,9-11,16H,1,4-5,7H2,2H3,(H,14,17,18)/t9-,10-,11-/m1/s1. The molecule has 0 bridgehead atoms. The number of ether oxygens (including phenoxy) is 1. The Morgan fingerprint density at radius 1 is 1.62 bits per heavy atom. The van der Waals surface area contributed by atoms with Crippen LogP contribution in [0.2, 0.25) is 0 Å². The van der Waals surface area contributed by atoms with E-state index in [1.54, 1.807) is 28.5 Å². The first-order chi connectivity index (χ1) is 10.1. The van der Waals surface area contributed by atoms with Crippen LogP contribution in [0.3, 0.4) is 0 Å². The number of rotatable bonds is 6. The normalized spacial score (nSPS) is 25.1. The van der Waals surface area contributed by atoms with E-state index in [4.69, 9.17) is 4.74 Å². The van der Waals surface area contributed by atoms with Crippen molar-refractivity contribution in [2.75, 3.05) is 12.4 Å². The smallest absolute Gasteiger partial charge is 0.330 e. The van der Waals surface area contributed by atoms with Gasteiger partial charge in [-0.1, -0.05) is 27.7 Å². The number of nitrogens with zero attached hydrogens (tertiary/aromatic N) is 1. The number of nitrogens with one attached hydrogen (secondary N) is 1. The third-order valence-electron chi connectivity index (χ3n) is 3.19. The van der Waals surface area contributed by atoms with Gasteiger partial charge in [0, 0.05) is 29.2 Å². The molecule has 0 radical (unpaired) electrons. The van der Waals surface area contributed by atoms with E-state index in [2.05, 4.69) is 11.6 Å². The van der Waals surface area contributed by atoms with Crippen molar-refractivity contribution in [3.8, 4) is 0 Å². The zero-order valence-corrected chi connectivity index (χ0v) is 13.3. The highest BCUT2D eigenvalue weighted by Crippen LogP contribution is 2.40. The summed E-state index contributed by atoms with van der Waals surface area (Å²) in [5.74, 6) is 0.807. The van der Waals surface area contributed by atoms with Crippen LogP contribution in [0.15, 0.2) is 28.4 Å². The molecule has 1 aliphatic heterocycles. The van der Waals surface area contributed by atoms with Crippen molar-refractivity contribution in [2.24, 2.45) is 0 Å². The van der Waals surface area contributed by atoms with Crippen molar-refractivity contribution in [1.82, 2.24) is 9.55 Å². The lowest BCUT2D eigenvalue weighted by Gasteiger charge is -2.15. The Bertz CT molecular complexity index is 613. The highest BCUT2D eigenvalue weighted by molar-refractivity contribution is 8.77. The van der Waals surface area contributed by atoms with Gasteiger partial charge in [-0.3, -0.25) is 14.3 Å². The molecule has 2 N–H and O–H groups in total. The van der Waals surface area contributed by atoms with E-state index in [1.807, 2.05) is 6.08 Å². The summed E-state index contributed by atoms with van der Waals surface area (Å²) < 4.78 is 7.13. The number of hydrogen-bond donors (Lipinski definition) is 2. The lowest BCUT2D eigenvalue weighted by molar-refractivity contribution is -0.0238. The molecule has 21 heavy (non-hydrogen) atoms. The van der Waals surface area contributed by atoms with E-state index < -0.39 is 11.9 Å². The van der Waals surface area contributed by atoms with Crippen molar-refractivity contribution in [3.05, 3.63) is 45.3 Å². The molecule has 1 fully saturated rings. The van der Waals surface area contributed by atoms with Gasteiger partial charge in [-0.15, -0.1) is 6.58 Å². The second-order valence-electron chi connectivity index (χ2n) is 4.73. The van der Waals surface area contributed by atoms with Crippen LogP contribution < -0.4 is 11.2 Å². The highest BCUT2D eigenvalue weighted by atomic mass is 33.1. The third-order valence-corrected chi connectivity index (χ3v) is 6.00. The van der Waals surface area contributed by atoms with Gasteiger partial charge >= 0.3 is 5.69 Å². The number of aryl methyl sites for hydroxylation is 1. The van der Waals surface area contributed by atoms with Gasteiger partial charge in [0.15, 0.2) is 0 Å². The second kappa shape index (κ2) is 7.35. The van der Waals surface area contributed by atoms with Gasteiger partial charge in [0.2, 0.25) is 0 Å². The van der Waals surface area contributed by atoms with Crippen LogP contribution >= 0.6 is 21.6 Å². The molecule has 0 amide bonds. The minimum absolute atomic E-state index is 0.0871. The zero-order valence-electron chi connectivity index (χ0n) is 11.7. The molecule has 1 saturated heterocycles. The molecule has 8 heteroatoms. The summed E-state index contributed by atoms with van der Waals surface area (Å²) in [5, 5.41) is 9.50. The van der Waals surface area contributed by atoms with E-state index in [9.17, 15) is 14.7 Å². The van der Waals surface area contributed by atoms with Crippen LogP contribution in [0, 0.1) is 6.92 Å². The molecular formula is C13H18N2O4S2. The van der Waals surface area contributed by atoms with E-state index >= 15 is 0 Å². The molecule has 6 nitrogen and oxygen atoms in total. The molecule has 1 aromatic rings. The van der Waals surface area contributed by atoms with Crippen LogP contribution in [0.5, 0.6) is 0 Å². The topological polar surface area (TPSA) is 84.3 Å². The van der Waals surface area contributed by atoms with Crippen LogP contribution in [0.25, 0.3) is 0 Å². The molecule has 3 atom stereocenters. The Kier molecular flexibility index (Phi) is 5.74. The first-order valence-corrected chi connectivity index (χ1v) is 8.92. The number of hydrogen-bond acceptors (Lipinski definition) is 6. The van der Waals surface area contributed by atoms with Crippen molar-refractivity contribution >= 4 is 21.6 Å². The lowest BCUT2D eigenvalue weighted by atomic mass is 10.2. The Morgan fingerprint density at radius 3 is 3.05 bits per heavy atom. The number of aromatic amines is 1. The Balaban J connectivity index is 2.15. The van der Waals surface area contributed by atoms with Gasteiger partial charge in [0.1, 0.15) is 6.23 Å². The van der Waals surface area contributed by atoms with Crippen molar-refractivity contribution in [2.45, 2.75) is 30.9 Å². The Hall–Kier alpha value is -0.960. The maximum absolute atomic E-state index is 11.9. The molecular weight excluding hydrogens is 312 g/mol. The summed E-state index contributed by atoms with van der Waals surface area (Å²) in [6.45, 7) is 5.20. The van der Waals surface area contributed by atoms with Crippen LogP contribution in [0.1, 0.15) is 18.2 Å². The van der Waals surface area contributed by atoms with E-state index in [0.29, 0.717) is 12.0 Å². The fourth-order valence-electron chi connectivity index (χ4n) is 2.11. The number of aliphatic hydroxyl groups is 1. The third kappa shape index (κ3) is 3.82. The predicted molar refractivity (Wildman–Crippen MR) is 85.7 cm³/mol. The van der Waals surface area contributed by atoms with Gasteiger partial charge in [0.05, 0.1) is 12.7 Å². The number of H-pyrrole nitrogens is 1. The van der Waals surface area contributed by atoms with Crippen molar-refractivity contribution in [1.29, 1.82) is 0 Å². The first kappa shape index (κ1) is 16.4. The molecule has 1 aromatic heterocycles. The van der Waals surface area contributed by atoms with Gasteiger partial charge in [-0.2, -0.15) is 0 Å². The van der Waals surface area contributed by atoms with E-state index in [-0.39, 0.29) is 23.5 Å². The van der Waals surface area contributed by atoms with E-state index in [1.165, 1.54) is 10.8 Å². The highest BCUT2D eigenvalue weighted by Gasteiger charge is 2.36. The van der Waals surface area contributed by atoms with Gasteiger partial charge < -0.3 is 9.84 Å². The summed E-state index contributed by atoms with van der Waals surface area (Å²) in [6, 6.07) is 0. The molecule has 0 aliphatic carbocycles. The monoisotopic (exact) mass is 330 g/mol. The average Bonchev–Trinajstić information content (AvgIpc) is 2.86. The maximum atomic E-state index is 11.9. The van der Waals surface area contributed by atoms with Crippen molar-refractivity contribution < 1.29 is 9.84 Å². The molecule has 116 valence electrons.